The van der Waals surface area contributed by atoms with E-state index in [4.69, 9.17) is 9.47 Å². The first-order chi connectivity index (χ1) is 15.9. The van der Waals surface area contributed by atoms with E-state index >= 15 is 0 Å². The third kappa shape index (κ3) is 13.3. The van der Waals surface area contributed by atoms with E-state index in [1.54, 1.807) is 0 Å². The van der Waals surface area contributed by atoms with Crippen molar-refractivity contribution in [2.24, 2.45) is 0 Å². The average molecular weight is 506 g/mol. The molecule has 1 aromatic carbocycles. The minimum atomic E-state index is -4.28. The molecule has 0 aromatic heterocycles. The second-order valence-electron chi connectivity index (χ2n) is 8.87. The van der Waals surface area contributed by atoms with Crippen molar-refractivity contribution >= 4 is 16.2 Å². The molecule has 1 atom stereocenters. The van der Waals surface area contributed by atoms with E-state index in [0.717, 1.165) is 42.6 Å². The number of nitrogens with one attached hydrogen (secondary N) is 1. The molecule has 1 aliphatic rings. The van der Waals surface area contributed by atoms with E-state index in [0.29, 0.717) is 6.61 Å². The van der Waals surface area contributed by atoms with Gasteiger partial charge in [-0.3, -0.25) is 0 Å². The predicted molar refractivity (Wildman–Crippen MR) is 129 cm³/mol. The van der Waals surface area contributed by atoms with Gasteiger partial charge in [-0.05, 0) is 42.5 Å². The molecule has 7 nitrogen and oxygen atoms in total. The molecular formula is C25H40NNaO6S. The minimum absolute atomic E-state index is 0. The third-order valence-electron chi connectivity index (χ3n) is 5.99. The number of alkyl carbamates (subject to hydrolysis) is 1. The molecule has 9 heteroatoms. The van der Waals surface area contributed by atoms with Crippen LogP contribution in [0.5, 0.6) is 5.75 Å². The molecule has 1 heterocycles. The summed E-state index contributed by atoms with van der Waals surface area (Å²) in [4.78, 5) is 12.3. The van der Waals surface area contributed by atoms with Crippen molar-refractivity contribution in [2.75, 3.05) is 18.9 Å². The fraction of sp³-hybridized carbons (Fsp3) is 0.720. The smallest absolute Gasteiger partial charge is 0.748 e. The van der Waals surface area contributed by atoms with Gasteiger partial charge in [0.25, 0.3) is 0 Å². The van der Waals surface area contributed by atoms with E-state index < -0.39 is 22.0 Å². The molecule has 1 aromatic rings. The van der Waals surface area contributed by atoms with Crippen molar-refractivity contribution in [3.63, 3.8) is 0 Å². The van der Waals surface area contributed by atoms with Gasteiger partial charge in [0.05, 0.1) is 16.7 Å². The van der Waals surface area contributed by atoms with Crippen molar-refractivity contribution in [1.82, 2.24) is 5.32 Å². The normalized spacial score (nSPS) is 13.5. The molecule has 1 N–H and O–H groups in total. The zero-order valence-electron chi connectivity index (χ0n) is 21.0. The number of carbonyl (C=O) groups is 1. The summed E-state index contributed by atoms with van der Waals surface area (Å²) in [6.07, 6.45) is 13.1. The number of carbonyl (C=O) groups excluding carboxylic acids is 1. The first kappa shape index (κ1) is 31.2. The van der Waals surface area contributed by atoms with Crippen molar-refractivity contribution in [3.8, 4) is 5.75 Å². The summed E-state index contributed by atoms with van der Waals surface area (Å²) >= 11 is 0. The summed E-state index contributed by atoms with van der Waals surface area (Å²) in [7, 11) is -4.28. The molecule has 188 valence electrons. The molecule has 0 spiro atoms. The summed E-state index contributed by atoms with van der Waals surface area (Å²) in [5.74, 6) is 0.389. The number of rotatable bonds is 17. The third-order valence-corrected chi connectivity index (χ3v) is 6.78. The molecule has 34 heavy (non-hydrogen) atoms. The summed E-state index contributed by atoms with van der Waals surface area (Å²) in [5.41, 5.74) is 2.08. The molecular weight excluding hydrogens is 465 g/mol. The van der Waals surface area contributed by atoms with Gasteiger partial charge in [-0.1, -0.05) is 70.8 Å². The predicted octanol–water partition coefficient (Wildman–Crippen LogP) is 2.64. The van der Waals surface area contributed by atoms with Crippen molar-refractivity contribution in [1.29, 1.82) is 0 Å². The number of unbranched alkanes of at least 4 members (excludes halogenated alkanes) is 9. The monoisotopic (exact) mass is 505 g/mol. The van der Waals surface area contributed by atoms with E-state index in [1.165, 1.54) is 51.4 Å². The van der Waals surface area contributed by atoms with E-state index in [1.807, 2.05) is 12.1 Å². The summed E-state index contributed by atoms with van der Waals surface area (Å²) in [6.45, 7) is 2.99. The van der Waals surface area contributed by atoms with Crippen LogP contribution < -0.4 is 39.6 Å². The molecule has 2 rings (SSSR count). The molecule has 0 saturated carbocycles. The van der Waals surface area contributed by atoms with Crippen LogP contribution in [0.1, 0.15) is 101 Å². The standard InChI is InChI=1S/C25H41NO6S.Na/c1-2-3-4-5-6-7-8-9-10-11-13-24(21-14-15-23-22(20-21)16-18-31-23)32-25(27)26-17-12-19-33(28,29)30;/h14-15,20,24H,2-13,16-19H2,1H3,(H,26,27)(H,28,29,30);/q;+1/p-1. The molecule has 0 bridgehead atoms. The number of hydrogen-bond donors (Lipinski definition) is 1. The Balaban J connectivity index is 0.00000578. The van der Waals surface area contributed by atoms with Crippen LogP contribution in [-0.2, 0) is 21.3 Å². The van der Waals surface area contributed by atoms with Gasteiger partial charge in [0.2, 0.25) is 0 Å². The van der Waals surface area contributed by atoms with Gasteiger partial charge in [-0.15, -0.1) is 0 Å². The van der Waals surface area contributed by atoms with Crippen LogP contribution in [0.2, 0.25) is 0 Å². The fourth-order valence-electron chi connectivity index (χ4n) is 4.13. The molecule has 1 unspecified atom stereocenters. The Morgan fingerprint density at radius 1 is 1.06 bits per heavy atom. The first-order valence-electron chi connectivity index (χ1n) is 12.5. The Bertz CT molecular complexity index is 818. The molecule has 0 aliphatic carbocycles. The van der Waals surface area contributed by atoms with Gasteiger partial charge in [0, 0.05) is 18.7 Å². The van der Waals surface area contributed by atoms with Gasteiger partial charge in [-0.2, -0.15) is 0 Å². The molecule has 0 radical (unpaired) electrons. The van der Waals surface area contributed by atoms with Crippen LogP contribution in [-0.4, -0.2) is 38.0 Å². The van der Waals surface area contributed by atoms with Gasteiger partial charge in [0.1, 0.15) is 11.9 Å². The number of hydrogen-bond acceptors (Lipinski definition) is 6. The van der Waals surface area contributed by atoms with Crippen LogP contribution in [0.15, 0.2) is 18.2 Å². The van der Waals surface area contributed by atoms with Gasteiger partial charge < -0.3 is 19.3 Å². The maximum Gasteiger partial charge on any atom is 1.00 e. The molecule has 1 amide bonds. The van der Waals surface area contributed by atoms with Gasteiger partial charge >= 0.3 is 35.7 Å². The Morgan fingerprint density at radius 2 is 1.71 bits per heavy atom. The zero-order chi connectivity index (χ0) is 23.9. The maximum absolute atomic E-state index is 12.3. The summed E-state index contributed by atoms with van der Waals surface area (Å²) in [5, 5.41) is 2.56. The van der Waals surface area contributed by atoms with Gasteiger partial charge in [-0.25, -0.2) is 13.2 Å². The number of ether oxygens (including phenoxy) is 2. The van der Waals surface area contributed by atoms with Crippen LogP contribution in [0, 0.1) is 0 Å². The summed E-state index contributed by atoms with van der Waals surface area (Å²) < 4.78 is 43.4. The quantitative estimate of drug-likeness (QED) is 0.198. The van der Waals surface area contributed by atoms with E-state index in [9.17, 15) is 17.8 Å². The van der Waals surface area contributed by atoms with Crippen LogP contribution >= 0.6 is 0 Å². The van der Waals surface area contributed by atoms with E-state index in [-0.39, 0.29) is 48.6 Å². The minimum Gasteiger partial charge on any atom is -0.748 e. The Morgan fingerprint density at radius 3 is 2.35 bits per heavy atom. The first-order valence-corrected chi connectivity index (χ1v) is 14.1. The molecule has 1 aliphatic heterocycles. The zero-order valence-corrected chi connectivity index (χ0v) is 23.8. The number of fused-ring (bicyclic) bond motifs is 1. The SMILES string of the molecule is CCCCCCCCCCCCC(OC(=O)NCCCS(=O)(=O)[O-])c1ccc2c(c1)CCO2.[Na+]. The van der Waals surface area contributed by atoms with Crippen LogP contribution in [0.3, 0.4) is 0 Å². The van der Waals surface area contributed by atoms with Gasteiger partial charge in [0.15, 0.2) is 0 Å². The van der Waals surface area contributed by atoms with Crippen molar-refractivity contribution in [3.05, 3.63) is 29.3 Å². The van der Waals surface area contributed by atoms with Crippen LogP contribution in [0.25, 0.3) is 0 Å². The Kier molecular flexibility index (Phi) is 16.2. The molecule has 0 saturated heterocycles. The fourth-order valence-corrected chi connectivity index (χ4v) is 4.63. The number of amides is 1. The second kappa shape index (κ2) is 17.6. The largest absolute Gasteiger partial charge is 1.00 e. The van der Waals surface area contributed by atoms with Crippen molar-refractivity contribution < 1.29 is 56.8 Å². The number of benzene rings is 1. The maximum atomic E-state index is 12.3. The van der Waals surface area contributed by atoms with Crippen LogP contribution in [0.4, 0.5) is 4.79 Å². The second-order valence-corrected chi connectivity index (χ2v) is 10.4. The Hall–Kier alpha value is -0.800. The molecule has 0 fully saturated rings. The Labute approximate surface area is 227 Å². The topological polar surface area (TPSA) is 105 Å². The van der Waals surface area contributed by atoms with E-state index in [2.05, 4.69) is 18.3 Å². The van der Waals surface area contributed by atoms with Crippen molar-refractivity contribution in [2.45, 2.75) is 96.5 Å². The average Bonchev–Trinajstić information content (AvgIpc) is 3.24. The summed E-state index contributed by atoms with van der Waals surface area (Å²) in [6, 6.07) is 5.94.